The van der Waals surface area contributed by atoms with Crippen LogP contribution in [0.15, 0.2) is 0 Å². The van der Waals surface area contributed by atoms with Crippen LogP contribution in [0.3, 0.4) is 0 Å². The molecule has 0 heterocycles. The lowest BCUT2D eigenvalue weighted by Gasteiger charge is -2.21. The van der Waals surface area contributed by atoms with Crippen LogP contribution in [0, 0.1) is 0 Å². The van der Waals surface area contributed by atoms with Gasteiger partial charge in [0.15, 0.2) is 0 Å². The summed E-state index contributed by atoms with van der Waals surface area (Å²) in [6.07, 6.45) is 0.514. The molecular weight excluding hydrogens is 266 g/mol. The molecule has 0 spiro atoms. The molecule has 104 valence electrons. The highest BCUT2D eigenvalue weighted by Gasteiger charge is 2.39. The van der Waals surface area contributed by atoms with Gasteiger partial charge in [0.25, 0.3) is 0 Å². The van der Waals surface area contributed by atoms with Gasteiger partial charge in [-0.1, -0.05) is 0 Å². The van der Waals surface area contributed by atoms with Crippen LogP contribution >= 0.6 is 7.60 Å². The summed E-state index contributed by atoms with van der Waals surface area (Å²) in [7, 11) is -4.04. The molecule has 0 atom stereocenters. The first-order valence-corrected chi connectivity index (χ1v) is 9.25. The van der Waals surface area contributed by atoms with Crippen LogP contribution in [-0.2, 0) is 22.5 Å². The zero-order valence-electron chi connectivity index (χ0n) is 10.9. The van der Waals surface area contributed by atoms with Crippen LogP contribution in [0.5, 0.6) is 0 Å². The highest BCUT2D eigenvalue weighted by Crippen LogP contribution is 2.47. The van der Waals surface area contributed by atoms with Gasteiger partial charge in [0.2, 0.25) is 0 Å². The normalized spacial score (nSPS) is 13.0. The molecule has 8 heteroatoms. The van der Waals surface area contributed by atoms with E-state index in [1.54, 1.807) is 13.8 Å². The fourth-order valence-corrected chi connectivity index (χ4v) is 4.55. The first kappa shape index (κ1) is 17.2. The molecule has 0 N–H and O–H groups in total. The number of rotatable bonds is 10. The molecule has 0 aromatic rings. The third-order valence-corrected chi connectivity index (χ3v) is 6.55. The van der Waals surface area contributed by atoms with Gasteiger partial charge in [-0.2, -0.15) is 0 Å². The molecule has 0 saturated heterocycles. The van der Waals surface area contributed by atoms with Gasteiger partial charge in [-0.05, 0) is 20.3 Å². The van der Waals surface area contributed by atoms with Crippen LogP contribution in [0.1, 0.15) is 20.3 Å². The second kappa shape index (κ2) is 8.34. The van der Waals surface area contributed by atoms with Crippen LogP contribution < -0.4 is 0 Å². The van der Waals surface area contributed by atoms with E-state index in [0.29, 0.717) is 6.42 Å². The predicted molar refractivity (Wildman–Crippen MR) is 66.0 cm³/mol. The second-order valence-corrected chi connectivity index (χ2v) is 8.13. The molecule has 17 heavy (non-hydrogen) atoms. The Hall–Kier alpha value is 0.217. The van der Waals surface area contributed by atoms with E-state index in [4.69, 9.17) is 17.9 Å². The largest absolute Gasteiger partial charge is 0.540 e. The fourth-order valence-electron chi connectivity index (χ4n) is 1.36. The molecular formula is C9H22FO5PSi. The van der Waals surface area contributed by atoms with Gasteiger partial charge < -0.3 is 17.9 Å². The molecule has 0 amide bonds. The lowest BCUT2D eigenvalue weighted by atomic mass is 10.6. The van der Waals surface area contributed by atoms with E-state index in [9.17, 15) is 8.67 Å². The molecule has 0 saturated carbocycles. The average Bonchev–Trinajstić information content (AvgIpc) is 2.29. The monoisotopic (exact) mass is 288 g/mol. The third-order valence-electron chi connectivity index (χ3n) is 2.18. The zero-order valence-corrected chi connectivity index (χ0v) is 12.8. The van der Waals surface area contributed by atoms with Crippen molar-refractivity contribution in [3.63, 3.8) is 0 Å². The maximum atomic E-state index is 14.1. The molecule has 0 bridgehead atoms. The summed E-state index contributed by atoms with van der Waals surface area (Å²) in [6.45, 7) is 3.98. The molecule has 0 aromatic heterocycles. The Morgan fingerprint density at radius 1 is 1.12 bits per heavy atom. The third kappa shape index (κ3) is 6.64. The van der Waals surface area contributed by atoms with E-state index in [2.05, 4.69) is 0 Å². The molecule has 0 aromatic carbocycles. The van der Waals surface area contributed by atoms with Gasteiger partial charge in [-0.25, -0.2) is 4.11 Å². The van der Waals surface area contributed by atoms with E-state index >= 15 is 0 Å². The van der Waals surface area contributed by atoms with E-state index < -0.39 is 16.5 Å². The molecule has 5 nitrogen and oxygen atoms in total. The molecule has 0 aliphatic rings. The highest BCUT2D eigenvalue weighted by atomic mass is 31.2. The highest BCUT2D eigenvalue weighted by molar-refractivity contribution is 7.53. The Balaban J connectivity index is 4.18. The van der Waals surface area contributed by atoms with Crippen molar-refractivity contribution < 1.29 is 26.6 Å². The van der Waals surface area contributed by atoms with Crippen molar-refractivity contribution in [1.82, 2.24) is 0 Å². The first-order valence-electron chi connectivity index (χ1n) is 5.62. The van der Waals surface area contributed by atoms with Crippen molar-refractivity contribution >= 4 is 16.5 Å². The summed E-state index contributed by atoms with van der Waals surface area (Å²) >= 11 is 0. The maximum Gasteiger partial charge on any atom is 0.540 e. The van der Waals surface area contributed by atoms with Crippen LogP contribution in [0.2, 0.25) is 6.04 Å². The van der Waals surface area contributed by atoms with E-state index in [1.165, 1.54) is 14.2 Å². The van der Waals surface area contributed by atoms with Crippen molar-refractivity contribution in [2.24, 2.45) is 0 Å². The van der Waals surface area contributed by atoms with Crippen LogP contribution in [0.4, 0.5) is 4.11 Å². The Morgan fingerprint density at radius 3 is 1.94 bits per heavy atom. The molecule has 0 aliphatic carbocycles. The quantitative estimate of drug-likeness (QED) is 0.351. The maximum absolute atomic E-state index is 14.1. The van der Waals surface area contributed by atoms with Gasteiger partial charge >= 0.3 is 16.5 Å². The van der Waals surface area contributed by atoms with Gasteiger partial charge in [-0.3, -0.25) is 4.57 Å². The summed E-state index contributed by atoms with van der Waals surface area (Å²) in [4.78, 5) is 0. The second-order valence-electron chi connectivity index (χ2n) is 3.33. The Morgan fingerprint density at radius 2 is 1.59 bits per heavy atom. The zero-order chi connectivity index (χ0) is 13.4. The summed E-state index contributed by atoms with van der Waals surface area (Å²) < 4.78 is 45.4. The molecule has 0 rings (SSSR count). The minimum absolute atomic E-state index is 0.130. The number of halogens is 1. The molecule has 0 radical (unpaired) electrons. The minimum atomic E-state index is -3.61. The van der Waals surface area contributed by atoms with Gasteiger partial charge in [0, 0.05) is 33.5 Å². The average molecular weight is 288 g/mol. The molecule has 0 fully saturated rings. The Kier molecular flexibility index (Phi) is 8.45. The SMILES string of the molecule is CCO[Si](F)(CCCP(=O)(OC)OC)OCC. The van der Waals surface area contributed by atoms with Gasteiger partial charge in [0.1, 0.15) is 0 Å². The van der Waals surface area contributed by atoms with Crippen molar-refractivity contribution in [1.29, 1.82) is 0 Å². The fraction of sp³-hybridized carbons (Fsp3) is 1.00. The first-order chi connectivity index (χ1) is 7.95. The van der Waals surface area contributed by atoms with Crippen molar-refractivity contribution in [3.05, 3.63) is 0 Å². The lowest BCUT2D eigenvalue weighted by molar-refractivity contribution is 0.141. The van der Waals surface area contributed by atoms with Crippen LogP contribution in [0.25, 0.3) is 0 Å². The van der Waals surface area contributed by atoms with Gasteiger partial charge in [0.05, 0.1) is 6.16 Å². The summed E-state index contributed by atoms with van der Waals surface area (Å²) in [5, 5.41) is 0. The summed E-state index contributed by atoms with van der Waals surface area (Å²) in [6, 6.07) is 0.130. The van der Waals surface area contributed by atoms with Crippen LogP contribution in [-0.4, -0.2) is 42.5 Å². The number of hydrogen-bond acceptors (Lipinski definition) is 5. The smallest absolute Gasteiger partial charge is 0.371 e. The Labute approximate surface area is 104 Å². The van der Waals surface area contributed by atoms with Crippen molar-refractivity contribution in [2.45, 2.75) is 26.3 Å². The summed E-state index contributed by atoms with van der Waals surface area (Å²) in [5.74, 6) is 0. The Bertz CT molecular complexity index is 240. The van der Waals surface area contributed by atoms with Gasteiger partial charge in [-0.15, -0.1) is 0 Å². The lowest BCUT2D eigenvalue weighted by Crippen LogP contribution is -2.37. The standard InChI is InChI=1S/C9H22FO5PSi/c1-5-14-17(10,15-6-2)9-7-8-16(11,12-3)13-4/h5-9H2,1-4H3. The van der Waals surface area contributed by atoms with Crippen molar-refractivity contribution in [2.75, 3.05) is 33.6 Å². The predicted octanol–water partition coefficient (Wildman–Crippen LogP) is 2.84. The number of hydrogen-bond donors (Lipinski definition) is 0. The van der Waals surface area contributed by atoms with E-state index in [1.807, 2.05) is 0 Å². The topological polar surface area (TPSA) is 54.0 Å². The molecule has 0 aliphatic heterocycles. The minimum Gasteiger partial charge on any atom is -0.371 e. The summed E-state index contributed by atoms with van der Waals surface area (Å²) in [5.41, 5.74) is 0. The van der Waals surface area contributed by atoms with Crippen molar-refractivity contribution in [3.8, 4) is 0 Å². The van der Waals surface area contributed by atoms with E-state index in [-0.39, 0.29) is 25.4 Å². The van der Waals surface area contributed by atoms with E-state index in [0.717, 1.165) is 0 Å². The molecule has 0 unspecified atom stereocenters.